The number of fused-ring (bicyclic) bond motifs is 1. The van der Waals surface area contributed by atoms with Crippen LogP contribution >= 0.6 is 15.9 Å². The first kappa shape index (κ1) is 10.8. The number of alkyl halides is 1. The molecule has 4 nitrogen and oxygen atoms in total. The molecule has 0 bridgehead atoms. The SMILES string of the molecule is O=C1CC(Br)CN1Cc1cnc2ccccn12. The Bertz CT molecular complexity index is 566. The third-order valence-corrected chi connectivity index (χ3v) is 3.63. The number of likely N-dealkylation sites (tertiary alicyclic amines) is 1. The van der Waals surface area contributed by atoms with Crippen molar-refractivity contribution in [2.24, 2.45) is 0 Å². The average molecular weight is 294 g/mol. The van der Waals surface area contributed by atoms with Crippen LogP contribution in [0.4, 0.5) is 0 Å². The molecule has 5 heteroatoms. The van der Waals surface area contributed by atoms with E-state index in [1.807, 2.05) is 39.9 Å². The quantitative estimate of drug-likeness (QED) is 0.793. The number of rotatable bonds is 2. The van der Waals surface area contributed by atoms with Gasteiger partial charge in [0.2, 0.25) is 5.91 Å². The predicted molar refractivity (Wildman–Crippen MR) is 67.9 cm³/mol. The number of pyridine rings is 1. The monoisotopic (exact) mass is 293 g/mol. The lowest BCUT2D eigenvalue weighted by atomic mass is 10.4. The van der Waals surface area contributed by atoms with Crippen LogP contribution in [-0.4, -0.2) is 31.6 Å². The van der Waals surface area contributed by atoms with Gasteiger partial charge in [-0.3, -0.25) is 4.79 Å². The molecular formula is C12H12BrN3O. The number of halogens is 1. The van der Waals surface area contributed by atoms with Gasteiger partial charge in [0.25, 0.3) is 0 Å². The molecule has 1 saturated heterocycles. The van der Waals surface area contributed by atoms with Gasteiger partial charge in [-0.25, -0.2) is 4.98 Å². The molecule has 0 radical (unpaired) electrons. The van der Waals surface area contributed by atoms with Crippen LogP contribution in [0, 0.1) is 0 Å². The maximum absolute atomic E-state index is 11.7. The average Bonchev–Trinajstić information content (AvgIpc) is 2.85. The summed E-state index contributed by atoms with van der Waals surface area (Å²) < 4.78 is 2.02. The van der Waals surface area contributed by atoms with Crippen molar-refractivity contribution in [1.82, 2.24) is 14.3 Å². The Morgan fingerprint density at radius 1 is 1.47 bits per heavy atom. The summed E-state index contributed by atoms with van der Waals surface area (Å²) in [5, 5.41) is 0. The van der Waals surface area contributed by atoms with E-state index in [0.717, 1.165) is 17.9 Å². The molecular weight excluding hydrogens is 282 g/mol. The normalized spacial score (nSPS) is 20.4. The highest BCUT2D eigenvalue weighted by atomic mass is 79.9. The van der Waals surface area contributed by atoms with E-state index in [1.54, 1.807) is 0 Å². The molecule has 1 aliphatic rings. The van der Waals surface area contributed by atoms with E-state index in [-0.39, 0.29) is 10.7 Å². The van der Waals surface area contributed by atoms with Crippen LogP contribution in [0.25, 0.3) is 5.65 Å². The van der Waals surface area contributed by atoms with E-state index in [1.165, 1.54) is 0 Å². The molecule has 2 aromatic rings. The van der Waals surface area contributed by atoms with E-state index < -0.39 is 0 Å². The van der Waals surface area contributed by atoms with Crippen LogP contribution in [0.1, 0.15) is 12.1 Å². The Morgan fingerprint density at radius 3 is 3.12 bits per heavy atom. The smallest absolute Gasteiger partial charge is 0.224 e. The van der Waals surface area contributed by atoms with Gasteiger partial charge in [-0.15, -0.1) is 0 Å². The van der Waals surface area contributed by atoms with Gasteiger partial charge >= 0.3 is 0 Å². The fourth-order valence-electron chi connectivity index (χ4n) is 2.17. The molecule has 1 amide bonds. The molecule has 1 atom stereocenters. The second-order valence-corrected chi connectivity index (χ2v) is 5.55. The largest absolute Gasteiger partial charge is 0.336 e. The number of hydrogen-bond donors (Lipinski definition) is 0. The summed E-state index contributed by atoms with van der Waals surface area (Å²) in [6.45, 7) is 1.41. The molecule has 3 rings (SSSR count). The lowest BCUT2D eigenvalue weighted by Crippen LogP contribution is -2.25. The van der Waals surface area contributed by atoms with Gasteiger partial charge < -0.3 is 9.30 Å². The number of carbonyl (C=O) groups is 1. The van der Waals surface area contributed by atoms with Crippen LogP contribution in [0.15, 0.2) is 30.6 Å². The van der Waals surface area contributed by atoms with Crippen molar-refractivity contribution in [3.05, 3.63) is 36.3 Å². The molecule has 88 valence electrons. The second-order valence-electron chi connectivity index (χ2n) is 4.25. The lowest BCUT2D eigenvalue weighted by molar-refractivity contribution is -0.128. The van der Waals surface area contributed by atoms with Crippen LogP contribution in [0.2, 0.25) is 0 Å². The van der Waals surface area contributed by atoms with Crippen molar-refractivity contribution < 1.29 is 4.79 Å². The third-order valence-electron chi connectivity index (χ3n) is 3.01. The molecule has 0 aromatic carbocycles. The van der Waals surface area contributed by atoms with Gasteiger partial charge in [-0.1, -0.05) is 22.0 Å². The zero-order chi connectivity index (χ0) is 11.8. The summed E-state index contributed by atoms with van der Waals surface area (Å²) in [5.74, 6) is 0.206. The van der Waals surface area contributed by atoms with Crippen LogP contribution in [-0.2, 0) is 11.3 Å². The zero-order valence-corrected chi connectivity index (χ0v) is 10.8. The highest BCUT2D eigenvalue weighted by Crippen LogP contribution is 2.20. The van der Waals surface area contributed by atoms with Gasteiger partial charge in [0.1, 0.15) is 5.65 Å². The third kappa shape index (κ3) is 1.95. The van der Waals surface area contributed by atoms with Crippen LogP contribution in [0.5, 0.6) is 0 Å². The first-order valence-electron chi connectivity index (χ1n) is 5.57. The summed E-state index contributed by atoms with van der Waals surface area (Å²) in [4.78, 5) is 18.2. The van der Waals surface area contributed by atoms with Crippen molar-refractivity contribution in [1.29, 1.82) is 0 Å². The van der Waals surface area contributed by atoms with Gasteiger partial charge in [-0.05, 0) is 12.1 Å². The minimum Gasteiger partial charge on any atom is -0.336 e. The maximum Gasteiger partial charge on any atom is 0.224 e. The highest BCUT2D eigenvalue weighted by molar-refractivity contribution is 9.09. The first-order valence-corrected chi connectivity index (χ1v) is 6.48. The Morgan fingerprint density at radius 2 is 2.35 bits per heavy atom. The van der Waals surface area contributed by atoms with Gasteiger partial charge in [-0.2, -0.15) is 0 Å². The summed E-state index contributed by atoms with van der Waals surface area (Å²) in [6.07, 6.45) is 4.41. The molecule has 1 unspecified atom stereocenters. The van der Waals surface area contributed by atoms with Crippen molar-refractivity contribution in [3.63, 3.8) is 0 Å². The highest BCUT2D eigenvalue weighted by Gasteiger charge is 2.28. The van der Waals surface area contributed by atoms with Gasteiger partial charge in [0, 0.05) is 24.0 Å². The molecule has 3 heterocycles. The van der Waals surface area contributed by atoms with Crippen molar-refractivity contribution in [3.8, 4) is 0 Å². The summed E-state index contributed by atoms with van der Waals surface area (Å²) in [7, 11) is 0. The number of carbonyl (C=O) groups excluding carboxylic acids is 1. The summed E-state index contributed by atoms with van der Waals surface area (Å²) >= 11 is 3.49. The fraction of sp³-hybridized carbons (Fsp3) is 0.333. The van der Waals surface area contributed by atoms with Crippen LogP contribution in [0.3, 0.4) is 0 Å². The number of nitrogens with zero attached hydrogens (tertiary/aromatic N) is 3. The Kier molecular flexibility index (Phi) is 2.63. The zero-order valence-electron chi connectivity index (χ0n) is 9.21. The standard InChI is InChI=1S/C12H12BrN3O/c13-9-5-12(17)15(7-9)8-10-6-14-11-3-1-2-4-16(10)11/h1-4,6,9H,5,7-8H2. The number of amides is 1. The molecule has 1 aliphatic heterocycles. The number of imidazole rings is 1. The number of hydrogen-bond acceptors (Lipinski definition) is 2. The van der Waals surface area contributed by atoms with Gasteiger partial charge in [0.15, 0.2) is 0 Å². The first-order chi connectivity index (χ1) is 8.24. The molecule has 0 saturated carbocycles. The molecule has 1 fully saturated rings. The molecule has 0 spiro atoms. The molecule has 17 heavy (non-hydrogen) atoms. The Hall–Kier alpha value is -1.36. The molecule has 0 aliphatic carbocycles. The van der Waals surface area contributed by atoms with E-state index >= 15 is 0 Å². The lowest BCUT2D eigenvalue weighted by Gasteiger charge is -2.15. The van der Waals surface area contributed by atoms with E-state index in [2.05, 4.69) is 20.9 Å². The maximum atomic E-state index is 11.7. The minimum absolute atomic E-state index is 0.206. The summed E-state index contributed by atoms with van der Waals surface area (Å²) in [6, 6.07) is 5.89. The summed E-state index contributed by atoms with van der Waals surface area (Å²) in [5.41, 5.74) is 1.97. The second kappa shape index (κ2) is 4.14. The molecule has 2 aromatic heterocycles. The fourth-order valence-corrected chi connectivity index (χ4v) is 2.80. The Labute approximate surface area is 107 Å². The Balaban J connectivity index is 1.88. The van der Waals surface area contributed by atoms with Gasteiger partial charge in [0.05, 0.1) is 18.4 Å². The predicted octanol–water partition coefficient (Wildman–Crippen LogP) is 1.83. The topological polar surface area (TPSA) is 37.6 Å². The number of aromatic nitrogens is 2. The van der Waals surface area contributed by atoms with Crippen molar-refractivity contribution in [2.45, 2.75) is 17.8 Å². The minimum atomic E-state index is 0.206. The molecule has 0 N–H and O–H groups in total. The van der Waals surface area contributed by atoms with Crippen LogP contribution < -0.4 is 0 Å². The van der Waals surface area contributed by atoms with E-state index in [9.17, 15) is 4.79 Å². The van der Waals surface area contributed by atoms with Crippen molar-refractivity contribution >= 4 is 27.5 Å². The van der Waals surface area contributed by atoms with Crippen molar-refractivity contribution in [2.75, 3.05) is 6.54 Å². The van der Waals surface area contributed by atoms with E-state index in [0.29, 0.717) is 13.0 Å². The van der Waals surface area contributed by atoms with E-state index in [4.69, 9.17) is 0 Å².